The van der Waals surface area contributed by atoms with Crippen LogP contribution in [0, 0.1) is 0 Å². The van der Waals surface area contributed by atoms with Crippen LogP contribution in [-0.2, 0) is 9.59 Å². The maximum Gasteiger partial charge on any atom is 0.383 e. The molecule has 17 heavy (non-hydrogen) atoms. The smallest absolute Gasteiger partial charge is 0.338 e. The highest BCUT2D eigenvalue weighted by atomic mass is 35.5. The van der Waals surface area contributed by atoms with E-state index in [9.17, 15) is 27.2 Å². The van der Waals surface area contributed by atoms with Crippen molar-refractivity contribution < 1.29 is 27.2 Å². The third kappa shape index (κ3) is 2.53. The van der Waals surface area contributed by atoms with Gasteiger partial charge in [-0.05, 0) is 19.3 Å². The molecule has 0 atom stereocenters. The molecule has 0 bridgehead atoms. The Bertz CT molecular complexity index is 331. The fourth-order valence-electron chi connectivity index (χ4n) is 1.53. The van der Waals surface area contributed by atoms with Gasteiger partial charge in [0.1, 0.15) is 0 Å². The fourth-order valence-corrected chi connectivity index (χ4v) is 1.79. The van der Waals surface area contributed by atoms with Crippen molar-refractivity contribution in [1.29, 1.82) is 0 Å². The summed E-state index contributed by atoms with van der Waals surface area (Å²) in [6.45, 7) is 0. The van der Waals surface area contributed by atoms with Crippen LogP contribution in [-0.4, -0.2) is 35.5 Å². The minimum absolute atomic E-state index is 0.142. The molecule has 0 heterocycles. The Morgan fingerprint density at radius 2 is 1.88 bits per heavy atom. The van der Waals surface area contributed by atoms with Crippen LogP contribution in [0.3, 0.4) is 0 Å². The Morgan fingerprint density at radius 1 is 1.35 bits per heavy atom. The first-order chi connectivity index (χ1) is 7.76. The van der Waals surface area contributed by atoms with Gasteiger partial charge in [0.15, 0.2) is 5.78 Å². The summed E-state index contributed by atoms with van der Waals surface area (Å²) in [6.07, 6.45) is -3.28. The zero-order valence-corrected chi connectivity index (χ0v) is 9.37. The molecule has 3 nitrogen and oxygen atoms in total. The number of carbonyl (C=O) groups is 2. The molecule has 0 aromatic carbocycles. The first-order valence-corrected chi connectivity index (χ1v) is 5.37. The Labute approximate surface area is 99.5 Å². The number of alkyl halides is 5. The van der Waals surface area contributed by atoms with Crippen molar-refractivity contribution in [2.24, 2.45) is 0 Å². The number of halogens is 5. The predicted octanol–water partition coefficient (Wildman–Crippen LogP) is 1.73. The number of hydrogen-bond acceptors (Lipinski definition) is 2. The molecule has 1 saturated carbocycles. The average molecular weight is 276 g/mol. The molecular formula is C9H10ClF4NO2. The van der Waals surface area contributed by atoms with Crippen LogP contribution in [0.25, 0.3) is 0 Å². The van der Waals surface area contributed by atoms with Gasteiger partial charge in [0.2, 0.25) is 0 Å². The van der Waals surface area contributed by atoms with E-state index in [1.807, 2.05) is 0 Å². The minimum Gasteiger partial charge on any atom is -0.338 e. The van der Waals surface area contributed by atoms with E-state index in [2.05, 4.69) is 0 Å². The molecule has 1 N–H and O–H groups in total. The normalized spacial score (nSPS) is 18.7. The maximum absolute atomic E-state index is 12.7. The number of carbonyl (C=O) groups excluding carboxylic acids is 2. The topological polar surface area (TPSA) is 46.2 Å². The van der Waals surface area contributed by atoms with Crippen LogP contribution in [0.15, 0.2) is 0 Å². The van der Waals surface area contributed by atoms with Crippen molar-refractivity contribution in [3.63, 3.8) is 0 Å². The van der Waals surface area contributed by atoms with Crippen molar-refractivity contribution in [2.45, 2.75) is 37.1 Å². The Hall–Kier alpha value is -0.850. The average Bonchev–Trinajstić information content (AvgIpc) is 2.21. The molecule has 1 aliphatic rings. The molecule has 1 rings (SSSR count). The van der Waals surface area contributed by atoms with Crippen LogP contribution < -0.4 is 5.32 Å². The van der Waals surface area contributed by atoms with Gasteiger partial charge < -0.3 is 5.32 Å². The van der Waals surface area contributed by atoms with E-state index in [0.29, 0.717) is 6.42 Å². The number of ketones is 1. The summed E-state index contributed by atoms with van der Waals surface area (Å²) in [5.41, 5.74) is -1.49. The van der Waals surface area contributed by atoms with Crippen molar-refractivity contribution in [2.75, 3.05) is 5.88 Å². The monoisotopic (exact) mass is 275 g/mol. The number of Topliss-reactive ketones (excluding diaryl/α,β-unsaturated/α-hetero) is 1. The maximum atomic E-state index is 12.7. The third-order valence-corrected chi connectivity index (χ3v) is 3.03. The van der Waals surface area contributed by atoms with E-state index in [1.165, 1.54) is 0 Å². The molecule has 8 heteroatoms. The lowest BCUT2D eigenvalue weighted by atomic mass is 9.74. The summed E-state index contributed by atoms with van der Waals surface area (Å²) in [5, 5.41) is 1.70. The number of amides is 1. The molecule has 0 aromatic heterocycles. The molecule has 1 aliphatic carbocycles. The van der Waals surface area contributed by atoms with E-state index < -0.39 is 35.5 Å². The van der Waals surface area contributed by atoms with E-state index in [0.717, 1.165) is 0 Å². The van der Waals surface area contributed by atoms with Crippen molar-refractivity contribution in [3.05, 3.63) is 0 Å². The lowest BCUT2D eigenvalue weighted by Crippen LogP contribution is -2.63. The van der Waals surface area contributed by atoms with Gasteiger partial charge in [0.25, 0.3) is 5.91 Å². The second-order valence-electron chi connectivity index (χ2n) is 3.87. The zero-order chi connectivity index (χ0) is 13.3. The standard InChI is InChI=1S/C9H10ClF4NO2/c10-4-5(16)8(2-1-3-8)15-7(17)9(13,14)6(11)12/h6H,1-4H2,(H,15,17). The third-order valence-electron chi connectivity index (χ3n) is 2.79. The first kappa shape index (κ1) is 14.2. The van der Waals surface area contributed by atoms with Gasteiger partial charge in [-0.15, -0.1) is 11.6 Å². The molecule has 0 aliphatic heterocycles. The summed E-state index contributed by atoms with van der Waals surface area (Å²) in [4.78, 5) is 22.4. The van der Waals surface area contributed by atoms with E-state index in [1.54, 1.807) is 5.32 Å². The van der Waals surface area contributed by atoms with Crippen LogP contribution in [0.4, 0.5) is 17.6 Å². The lowest BCUT2D eigenvalue weighted by Gasteiger charge is -2.41. The first-order valence-electron chi connectivity index (χ1n) is 4.84. The Kier molecular flexibility index (Phi) is 4.01. The highest BCUT2D eigenvalue weighted by Gasteiger charge is 2.54. The van der Waals surface area contributed by atoms with Crippen molar-refractivity contribution in [1.82, 2.24) is 5.32 Å². The van der Waals surface area contributed by atoms with Gasteiger partial charge in [-0.3, -0.25) is 9.59 Å². The predicted molar refractivity (Wildman–Crippen MR) is 51.4 cm³/mol. The minimum atomic E-state index is -4.80. The second kappa shape index (κ2) is 4.80. The molecular weight excluding hydrogens is 266 g/mol. The van der Waals surface area contributed by atoms with Crippen LogP contribution in [0.2, 0.25) is 0 Å². The fraction of sp³-hybridized carbons (Fsp3) is 0.778. The molecule has 1 fully saturated rings. The summed E-state index contributed by atoms with van der Waals surface area (Å²) < 4.78 is 49.2. The second-order valence-corrected chi connectivity index (χ2v) is 4.14. The summed E-state index contributed by atoms with van der Waals surface area (Å²) >= 11 is 5.27. The SMILES string of the molecule is O=C(CCl)C1(NC(=O)C(F)(F)C(F)F)CCC1. The van der Waals surface area contributed by atoms with Crippen LogP contribution in [0.5, 0.6) is 0 Å². The van der Waals surface area contributed by atoms with Crippen molar-refractivity contribution in [3.8, 4) is 0 Å². The summed E-state index contributed by atoms with van der Waals surface area (Å²) in [7, 11) is 0. The quantitative estimate of drug-likeness (QED) is 0.614. The van der Waals surface area contributed by atoms with Gasteiger partial charge in [-0.25, -0.2) is 8.78 Å². The van der Waals surface area contributed by atoms with E-state index in [4.69, 9.17) is 11.6 Å². The number of nitrogens with one attached hydrogen (secondary N) is 1. The molecule has 0 unspecified atom stereocenters. The van der Waals surface area contributed by atoms with Gasteiger partial charge in [0, 0.05) is 0 Å². The van der Waals surface area contributed by atoms with Crippen LogP contribution >= 0.6 is 11.6 Å². The zero-order valence-electron chi connectivity index (χ0n) is 8.61. The summed E-state index contributed by atoms with van der Waals surface area (Å²) in [5.74, 6) is -8.02. The van der Waals surface area contributed by atoms with Gasteiger partial charge in [0.05, 0.1) is 11.4 Å². The highest BCUT2D eigenvalue weighted by molar-refractivity contribution is 6.29. The van der Waals surface area contributed by atoms with Gasteiger partial charge >= 0.3 is 12.3 Å². The number of hydrogen-bond donors (Lipinski definition) is 1. The van der Waals surface area contributed by atoms with E-state index >= 15 is 0 Å². The van der Waals surface area contributed by atoms with E-state index in [-0.39, 0.29) is 12.8 Å². The number of rotatable bonds is 5. The van der Waals surface area contributed by atoms with Gasteiger partial charge in [-0.1, -0.05) is 0 Å². The molecule has 0 radical (unpaired) electrons. The Balaban J connectivity index is 2.77. The largest absolute Gasteiger partial charge is 0.383 e. The van der Waals surface area contributed by atoms with Crippen LogP contribution in [0.1, 0.15) is 19.3 Å². The molecule has 1 amide bonds. The molecule has 0 spiro atoms. The lowest BCUT2D eigenvalue weighted by molar-refractivity contribution is -0.173. The van der Waals surface area contributed by atoms with Crippen molar-refractivity contribution >= 4 is 23.3 Å². The highest BCUT2D eigenvalue weighted by Crippen LogP contribution is 2.34. The summed E-state index contributed by atoms with van der Waals surface area (Å²) in [6, 6.07) is 0. The Morgan fingerprint density at radius 3 is 2.18 bits per heavy atom. The molecule has 0 aromatic rings. The molecule has 0 saturated heterocycles. The van der Waals surface area contributed by atoms with Gasteiger partial charge in [-0.2, -0.15) is 8.78 Å². The molecule has 98 valence electrons.